The van der Waals surface area contributed by atoms with Crippen LogP contribution in [0.3, 0.4) is 0 Å². The summed E-state index contributed by atoms with van der Waals surface area (Å²) in [4.78, 5) is 7.98. The second-order valence-electron chi connectivity index (χ2n) is 9.82. The molecule has 0 spiro atoms. The van der Waals surface area contributed by atoms with Gasteiger partial charge in [-0.1, -0.05) is 66.7 Å². The standard InChI is InChI=1S/C30H27N5O6S2/c36-29-19-35(43(39,40)34-29)27-16-15-22(18-28(27)41-20-21-9-3-1-4-10-21)17-26(30-31-24-13-7-8-14-25(24)32-30)33-42(37,38)23-11-5-2-6-12-23/h1-16,18-19,26,33-34,36H,17,20H2,(H,31,32). The van der Waals surface area contributed by atoms with Crippen LogP contribution in [-0.4, -0.2) is 31.9 Å². The Morgan fingerprint density at radius 1 is 0.907 bits per heavy atom. The number of para-hydroxylation sites is 2. The third kappa shape index (κ3) is 6.18. The smallest absolute Gasteiger partial charge is 0.330 e. The van der Waals surface area contributed by atoms with Gasteiger partial charge >= 0.3 is 10.2 Å². The van der Waals surface area contributed by atoms with Gasteiger partial charge in [0.25, 0.3) is 0 Å². The highest BCUT2D eigenvalue weighted by atomic mass is 32.2. The summed E-state index contributed by atoms with van der Waals surface area (Å²) in [5.41, 5.74) is 3.10. The predicted octanol–water partition coefficient (Wildman–Crippen LogP) is 4.42. The van der Waals surface area contributed by atoms with Crippen molar-refractivity contribution < 1.29 is 26.7 Å². The fourth-order valence-corrected chi connectivity index (χ4v) is 7.01. The molecule has 0 aliphatic carbocycles. The lowest BCUT2D eigenvalue weighted by atomic mass is 10.0. The van der Waals surface area contributed by atoms with Crippen LogP contribution in [0.2, 0.25) is 0 Å². The van der Waals surface area contributed by atoms with E-state index >= 15 is 0 Å². The number of rotatable bonds is 10. The lowest BCUT2D eigenvalue weighted by Gasteiger charge is -2.21. The first-order chi connectivity index (χ1) is 20.7. The molecule has 1 aliphatic heterocycles. The number of imidazole rings is 1. The van der Waals surface area contributed by atoms with E-state index < -0.39 is 32.2 Å². The summed E-state index contributed by atoms with van der Waals surface area (Å²) in [6.45, 7) is 0.141. The van der Waals surface area contributed by atoms with Gasteiger partial charge in [-0.3, -0.25) is 0 Å². The SMILES string of the molecule is O=S(=O)(NC(Cc1ccc(N2C=C(O)NS2(=O)=O)c(OCc2ccccc2)c1)c1nc2ccccc2[nH]1)c1ccccc1. The molecule has 1 unspecified atom stereocenters. The average molecular weight is 618 g/mol. The minimum atomic E-state index is -4.09. The second kappa shape index (κ2) is 11.4. The molecule has 220 valence electrons. The van der Waals surface area contributed by atoms with Crippen LogP contribution in [0.1, 0.15) is 23.0 Å². The molecule has 2 heterocycles. The lowest BCUT2D eigenvalue weighted by molar-refractivity contribution is 0.307. The van der Waals surface area contributed by atoms with Crippen LogP contribution < -0.4 is 18.5 Å². The number of hydrogen-bond acceptors (Lipinski definition) is 7. The summed E-state index contributed by atoms with van der Waals surface area (Å²) >= 11 is 0. The highest BCUT2D eigenvalue weighted by Crippen LogP contribution is 2.35. The molecule has 13 heteroatoms. The molecule has 4 N–H and O–H groups in total. The lowest BCUT2D eigenvalue weighted by Crippen LogP contribution is -2.31. The molecule has 4 aromatic carbocycles. The van der Waals surface area contributed by atoms with Crippen molar-refractivity contribution in [2.24, 2.45) is 0 Å². The molecule has 5 aromatic rings. The summed E-state index contributed by atoms with van der Waals surface area (Å²) in [6.07, 6.45) is 1.20. The Bertz CT molecular complexity index is 1980. The number of fused-ring (bicyclic) bond motifs is 1. The van der Waals surface area contributed by atoms with Crippen LogP contribution in [0.15, 0.2) is 120 Å². The van der Waals surface area contributed by atoms with E-state index in [0.717, 1.165) is 21.6 Å². The van der Waals surface area contributed by atoms with E-state index in [2.05, 4.69) is 14.7 Å². The topological polar surface area (TPSA) is 154 Å². The second-order valence-corrected chi connectivity index (χ2v) is 13.1. The highest BCUT2D eigenvalue weighted by Gasteiger charge is 2.32. The minimum Gasteiger partial charge on any atom is -0.493 e. The molecule has 0 bridgehead atoms. The summed E-state index contributed by atoms with van der Waals surface area (Å²) in [7, 11) is -8.03. The normalized spacial score (nSPS) is 15.2. The van der Waals surface area contributed by atoms with E-state index in [0.29, 0.717) is 16.9 Å². The summed E-state index contributed by atoms with van der Waals surface area (Å²) < 4.78 is 64.0. The van der Waals surface area contributed by atoms with Crippen LogP contribution >= 0.6 is 0 Å². The Morgan fingerprint density at radius 3 is 2.30 bits per heavy atom. The first kappa shape index (κ1) is 28.3. The number of sulfonamides is 1. The number of benzene rings is 4. The molecule has 6 rings (SSSR count). The fourth-order valence-electron chi connectivity index (χ4n) is 4.73. The number of nitrogens with zero attached hydrogens (tertiary/aromatic N) is 2. The Labute approximate surface area is 248 Å². The Hall–Kier alpha value is -4.85. The van der Waals surface area contributed by atoms with Crippen molar-refractivity contribution in [3.63, 3.8) is 0 Å². The highest BCUT2D eigenvalue weighted by molar-refractivity contribution is 7.91. The van der Waals surface area contributed by atoms with Crippen LogP contribution in [0.5, 0.6) is 5.75 Å². The summed E-state index contributed by atoms with van der Waals surface area (Å²) in [5, 5.41) is 9.87. The van der Waals surface area contributed by atoms with E-state index in [1.54, 1.807) is 36.4 Å². The first-order valence-electron chi connectivity index (χ1n) is 13.2. The molecule has 1 aliphatic rings. The third-order valence-electron chi connectivity index (χ3n) is 6.76. The van der Waals surface area contributed by atoms with Crippen LogP contribution in [0, 0.1) is 0 Å². The molecule has 0 saturated heterocycles. The van der Waals surface area contributed by atoms with Crippen LogP contribution in [0.4, 0.5) is 5.69 Å². The number of anilines is 1. The van der Waals surface area contributed by atoms with Gasteiger partial charge in [-0.2, -0.15) is 8.42 Å². The van der Waals surface area contributed by atoms with Gasteiger partial charge in [0.05, 0.1) is 28.2 Å². The summed E-state index contributed by atoms with van der Waals surface area (Å²) in [6, 6.07) is 28.9. The van der Waals surface area contributed by atoms with Gasteiger partial charge in [0, 0.05) is 0 Å². The van der Waals surface area contributed by atoms with Gasteiger partial charge in [0.15, 0.2) is 0 Å². The first-order valence-corrected chi connectivity index (χ1v) is 16.1. The predicted molar refractivity (Wildman–Crippen MR) is 162 cm³/mol. The van der Waals surface area contributed by atoms with Gasteiger partial charge in [0.1, 0.15) is 23.9 Å². The van der Waals surface area contributed by atoms with Crippen molar-refractivity contribution in [1.82, 2.24) is 19.4 Å². The van der Waals surface area contributed by atoms with Crippen molar-refractivity contribution in [1.29, 1.82) is 0 Å². The van der Waals surface area contributed by atoms with E-state index in [1.165, 1.54) is 12.1 Å². The van der Waals surface area contributed by atoms with Crippen LogP contribution in [-0.2, 0) is 33.3 Å². The molecule has 11 nitrogen and oxygen atoms in total. The Balaban J connectivity index is 1.38. The molecule has 1 aromatic heterocycles. The number of H-pyrrole nitrogens is 1. The monoisotopic (exact) mass is 617 g/mol. The molecular formula is C30H27N5O6S2. The fraction of sp³-hybridized carbons (Fsp3) is 0.100. The Kier molecular flexibility index (Phi) is 7.52. The van der Waals surface area contributed by atoms with Crippen molar-refractivity contribution in [2.75, 3.05) is 4.31 Å². The third-order valence-corrected chi connectivity index (χ3v) is 9.53. The number of aromatic amines is 1. The summed E-state index contributed by atoms with van der Waals surface area (Å²) in [5.74, 6) is 0.0982. The van der Waals surface area contributed by atoms with Gasteiger partial charge in [-0.15, -0.1) is 0 Å². The van der Waals surface area contributed by atoms with E-state index in [9.17, 15) is 21.9 Å². The van der Waals surface area contributed by atoms with Gasteiger partial charge in [-0.05, 0) is 53.9 Å². The van der Waals surface area contributed by atoms with Crippen molar-refractivity contribution in [2.45, 2.75) is 24.0 Å². The zero-order valence-corrected chi connectivity index (χ0v) is 24.2. The maximum atomic E-state index is 13.4. The molecule has 0 radical (unpaired) electrons. The molecule has 1 atom stereocenters. The van der Waals surface area contributed by atoms with Crippen molar-refractivity contribution >= 4 is 37.0 Å². The number of nitrogens with one attached hydrogen (secondary N) is 3. The van der Waals surface area contributed by atoms with Crippen molar-refractivity contribution in [3.05, 3.63) is 132 Å². The zero-order chi connectivity index (χ0) is 30.0. The molecule has 0 fully saturated rings. The molecular weight excluding hydrogens is 590 g/mol. The zero-order valence-electron chi connectivity index (χ0n) is 22.6. The number of aliphatic hydroxyl groups excluding tert-OH is 1. The van der Waals surface area contributed by atoms with Gasteiger partial charge < -0.3 is 14.8 Å². The van der Waals surface area contributed by atoms with E-state index in [1.807, 2.05) is 59.3 Å². The van der Waals surface area contributed by atoms with E-state index in [4.69, 9.17) is 4.74 Å². The molecule has 0 saturated carbocycles. The van der Waals surface area contributed by atoms with Gasteiger partial charge in [-0.25, -0.2) is 27.2 Å². The molecule has 0 amide bonds. The number of hydrogen-bond donors (Lipinski definition) is 4. The number of aliphatic hydroxyl groups is 1. The van der Waals surface area contributed by atoms with Gasteiger partial charge in [0.2, 0.25) is 15.9 Å². The number of aromatic nitrogens is 2. The molecule has 43 heavy (non-hydrogen) atoms. The minimum absolute atomic E-state index is 0.108. The maximum absolute atomic E-state index is 13.4. The number of ether oxygens (including phenoxy) is 1. The Morgan fingerprint density at radius 2 is 1.60 bits per heavy atom. The van der Waals surface area contributed by atoms with E-state index in [-0.39, 0.29) is 29.4 Å². The van der Waals surface area contributed by atoms with Crippen LogP contribution in [0.25, 0.3) is 11.0 Å². The largest absolute Gasteiger partial charge is 0.493 e. The van der Waals surface area contributed by atoms with Crippen molar-refractivity contribution in [3.8, 4) is 5.75 Å². The maximum Gasteiger partial charge on any atom is 0.330 e. The quantitative estimate of drug-likeness (QED) is 0.181. The average Bonchev–Trinajstić information content (AvgIpc) is 3.56.